The average molecular weight is 295 g/mol. The molecule has 0 unspecified atom stereocenters. The van der Waals surface area contributed by atoms with Crippen LogP contribution in [0, 0.1) is 0 Å². The first kappa shape index (κ1) is 15.9. The van der Waals surface area contributed by atoms with Crippen molar-refractivity contribution in [1.82, 2.24) is 9.88 Å². The molecule has 0 aliphatic carbocycles. The molecule has 114 valence electrons. The highest BCUT2D eigenvalue weighted by Crippen LogP contribution is 2.29. The van der Waals surface area contributed by atoms with Crippen molar-refractivity contribution in [1.29, 1.82) is 0 Å². The van der Waals surface area contributed by atoms with Gasteiger partial charge in [0.2, 0.25) is 0 Å². The number of hydrogen-bond donors (Lipinski definition) is 1. The fraction of sp³-hybridized carbons (Fsp3) is 0.812. The molecular formula is C16H29N3S. The van der Waals surface area contributed by atoms with Crippen LogP contribution in [0.15, 0.2) is 0 Å². The van der Waals surface area contributed by atoms with Crippen molar-refractivity contribution in [3.63, 3.8) is 0 Å². The van der Waals surface area contributed by atoms with Gasteiger partial charge in [0, 0.05) is 29.8 Å². The minimum absolute atomic E-state index is 0.103. The molecule has 1 saturated heterocycles. The molecule has 1 aromatic rings. The lowest BCUT2D eigenvalue weighted by molar-refractivity contribution is 0.288. The zero-order chi connectivity index (χ0) is 14.6. The Hall–Kier alpha value is -0.450. The predicted octanol–water partition coefficient (Wildman–Crippen LogP) is 3.32. The van der Waals surface area contributed by atoms with E-state index in [1.807, 2.05) is 11.3 Å². The smallest absolute Gasteiger partial charge is 0.0944 e. The lowest BCUT2D eigenvalue weighted by Gasteiger charge is -2.19. The second-order valence-corrected chi connectivity index (χ2v) is 8.01. The molecule has 1 aliphatic heterocycles. The maximum absolute atomic E-state index is 5.88. The Morgan fingerprint density at radius 3 is 2.30 bits per heavy atom. The summed E-state index contributed by atoms with van der Waals surface area (Å²) in [5.74, 6) is 0. The monoisotopic (exact) mass is 295 g/mol. The summed E-state index contributed by atoms with van der Waals surface area (Å²) in [6, 6.07) is 0. The van der Waals surface area contributed by atoms with Gasteiger partial charge in [-0.25, -0.2) is 4.98 Å². The molecule has 1 aromatic heterocycles. The molecule has 0 amide bonds. The van der Waals surface area contributed by atoms with Crippen LogP contribution in [0.5, 0.6) is 0 Å². The van der Waals surface area contributed by atoms with Crippen molar-refractivity contribution in [3.05, 3.63) is 15.6 Å². The van der Waals surface area contributed by atoms with E-state index in [2.05, 4.69) is 25.7 Å². The Bertz CT molecular complexity index is 412. The molecule has 2 heterocycles. The van der Waals surface area contributed by atoms with Crippen molar-refractivity contribution >= 4 is 11.3 Å². The molecular weight excluding hydrogens is 266 g/mol. The molecule has 0 atom stereocenters. The van der Waals surface area contributed by atoms with Crippen LogP contribution in [0.25, 0.3) is 0 Å². The van der Waals surface area contributed by atoms with Gasteiger partial charge in [-0.1, -0.05) is 33.6 Å². The molecule has 2 N–H and O–H groups in total. The minimum Gasteiger partial charge on any atom is -0.326 e. The van der Waals surface area contributed by atoms with Crippen LogP contribution in [0.3, 0.4) is 0 Å². The van der Waals surface area contributed by atoms with E-state index >= 15 is 0 Å². The summed E-state index contributed by atoms with van der Waals surface area (Å²) in [5, 5.41) is 1.26. The van der Waals surface area contributed by atoms with Gasteiger partial charge in [0.25, 0.3) is 0 Å². The van der Waals surface area contributed by atoms with Gasteiger partial charge in [0.05, 0.1) is 10.7 Å². The number of nitrogens with zero attached hydrogens (tertiary/aromatic N) is 2. The van der Waals surface area contributed by atoms with E-state index in [0.29, 0.717) is 6.54 Å². The van der Waals surface area contributed by atoms with Gasteiger partial charge in [0.15, 0.2) is 0 Å². The summed E-state index contributed by atoms with van der Waals surface area (Å²) in [5.41, 5.74) is 7.19. The molecule has 0 spiro atoms. The zero-order valence-electron chi connectivity index (χ0n) is 13.2. The SMILES string of the molecule is CC(C)(C)c1nc(CCN2CCCCCC2)sc1CN. The number of nitrogens with two attached hydrogens (primary N) is 1. The van der Waals surface area contributed by atoms with Gasteiger partial charge in [-0.2, -0.15) is 0 Å². The third kappa shape index (κ3) is 4.27. The van der Waals surface area contributed by atoms with E-state index in [9.17, 15) is 0 Å². The summed E-state index contributed by atoms with van der Waals surface area (Å²) < 4.78 is 0. The molecule has 0 radical (unpaired) electrons. The van der Waals surface area contributed by atoms with E-state index in [1.54, 1.807) is 0 Å². The van der Waals surface area contributed by atoms with Crippen LogP contribution in [-0.4, -0.2) is 29.5 Å². The Balaban J connectivity index is 1.97. The molecule has 1 fully saturated rings. The quantitative estimate of drug-likeness (QED) is 0.926. The summed E-state index contributed by atoms with van der Waals surface area (Å²) in [4.78, 5) is 8.74. The first-order valence-electron chi connectivity index (χ1n) is 7.92. The van der Waals surface area contributed by atoms with Crippen LogP contribution in [0.1, 0.15) is 62.0 Å². The topological polar surface area (TPSA) is 42.2 Å². The maximum atomic E-state index is 5.88. The van der Waals surface area contributed by atoms with E-state index in [1.165, 1.54) is 54.4 Å². The number of aromatic nitrogens is 1. The van der Waals surface area contributed by atoms with E-state index in [-0.39, 0.29) is 5.41 Å². The highest BCUT2D eigenvalue weighted by molar-refractivity contribution is 7.11. The molecule has 0 bridgehead atoms. The average Bonchev–Trinajstić information content (AvgIpc) is 2.65. The van der Waals surface area contributed by atoms with Gasteiger partial charge in [0.1, 0.15) is 0 Å². The van der Waals surface area contributed by atoms with Crippen LogP contribution in [0.4, 0.5) is 0 Å². The van der Waals surface area contributed by atoms with Gasteiger partial charge in [-0.15, -0.1) is 11.3 Å². The van der Waals surface area contributed by atoms with Crippen LogP contribution < -0.4 is 5.73 Å². The number of hydrogen-bond acceptors (Lipinski definition) is 4. The van der Waals surface area contributed by atoms with Crippen molar-refractivity contribution < 1.29 is 0 Å². The number of likely N-dealkylation sites (tertiary alicyclic amines) is 1. The summed E-state index contributed by atoms with van der Waals surface area (Å²) in [6.45, 7) is 11.0. The van der Waals surface area contributed by atoms with Crippen molar-refractivity contribution in [3.8, 4) is 0 Å². The zero-order valence-corrected chi connectivity index (χ0v) is 14.1. The number of rotatable bonds is 4. The van der Waals surface area contributed by atoms with Gasteiger partial charge >= 0.3 is 0 Å². The molecule has 0 saturated carbocycles. The Kier molecular flexibility index (Phi) is 5.58. The predicted molar refractivity (Wildman–Crippen MR) is 87.3 cm³/mol. The second kappa shape index (κ2) is 7.01. The first-order valence-corrected chi connectivity index (χ1v) is 8.74. The second-order valence-electron chi connectivity index (χ2n) is 6.84. The third-order valence-corrected chi connectivity index (χ3v) is 5.12. The first-order chi connectivity index (χ1) is 9.50. The Morgan fingerprint density at radius 1 is 1.15 bits per heavy atom. The van der Waals surface area contributed by atoms with Gasteiger partial charge in [-0.05, 0) is 25.9 Å². The summed E-state index contributed by atoms with van der Waals surface area (Å²) >= 11 is 1.82. The van der Waals surface area contributed by atoms with E-state index < -0.39 is 0 Å². The largest absolute Gasteiger partial charge is 0.326 e. The summed E-state index contributed by atoms with van der Waals surface area (Å²) in [6.07, 6.45) is 6.60. The lowest BCUT2D eigenvalue weighted by atomic mass is 9.91. The highest BCUT2D eigenvalue weighted by atomic mass is 32.1. The van der Waals surface area contributed by atoms with Crippen molar-refractivity contribution in [2.45, 2.75) is 64.8 Å². The highest BCUT2D eigenvalue weighted by Gasteiger charge is 2.22. The number of thiazole rings is 1. The van der Waals surface area contributed by atoms with Gasteiger partial charge < -0.3 is 10.6 Å². The van der Waals surface area contributed by atoms with Crippen LogP contribution in [-0.2, 0) is 18.4 Å². The maximum Gasteiger partial charge on any atom is 0.0944 e. The van der Waals surface area contributed by atoms with E-state index in [4.69, 9.17) is 10.7 Å². The Labute approximate surface area is 127 Å². The normalized spacial score (nSPS) is 18.2. The molecule has 20 heavy (non-hydrogen) atoms. The van der Waals surface area contributed by atoms with Crippen molar-refractivity contribution in [2.75, 3.05) is 19.6 Å². The molecule has 4 heteroatoms. The van der Waals surface area contributed by atoms with Crippen LogP contribution >= 0.6 is 11.3 Å². The fourth-order valence-corrected chi connectivity index (χ4v) is 3.99. The Morgan fingerprint density at radius 2 is 1.80 bits per heavy atom. The minimum atomic E-state index is 0.103. The van der Waals surface area contributed by atoms with Crippen molar-refractivity contribution in [2.24, 2.45) is 5.73 Å². The van der Waals surface area contributed by atoms with Crippen LogP contribution in [0.2, 0.25) is 0 Å². The molecule has 0 aromatic carbocycles. The molecule has 1 aliphatic rings. The summed E-state index contributed by atoms with van der Waals surface area (Å²) in [7, 11) is 0. The third-order valence-electron chi connectivity index (χ3n) is 3.98. The van der Waals surface area contributed by atoms with Gasteiger partial charge in [-0.3, -0.25) is 0 Å². The fourth-order valence-electron chi connectivity index (χ4n) is 2.85. The molecule has 2 rings (SSSR count). The molecule has 3 nitrogen and oxygen atoms in total. The van der Waals surface area contributed by atoms with E-state index in [0.717, 1.165) is 13.0 Å². The standard InChI is InChI=1S/C16H29N3S/c1-16(2,3)15-13(12-17)20-14(18-15)8-11-19-9-6-4-5-7-10-19/h4-12,17H2,1-3H3. The lowest BCUT2D eigenvalue weighted by Crippen LogP contribution is -2.27.